The summed E-state index contributed by atoms with van der Waals surface area (Å²) < 4.78 is 0. The van der Waals surface area contributed by atoms with Gasteiger partial charge in [-0.05, 0) is 49.2 Å². The SMILES string of the molecule is Cc1ccc(N)c(N)c1.Cc1ccc2nc(-c3ccccc3)c(-c3ccccc3)nc2c1. The van der Waals surface area contributed by atoms with E-state index >= 15 is 0 Å². The summed E-state index contributed by atoms with van der Waals surface area (Å²) in [6.07, 6.45) is 0. The Morgan fingerprint density at radius 3 is 1.53 bits per heavy atom. The Labute approximate surface area is 188 Å². The van der Waals surface area contributed by atoms with E-state index in [1.54, 1.807) is 0 Å². The molecule has 4 aromatic carbocycles. The van der Waals surface area contributed by atoms with E-state index in [0.29, 0.717) is 11.4 Å². The van der Waals surface area contributed by atoms with Crippen LogP contribution in [-0.4, -0.2) is 9.97 Å². The number of nitrogen functional groups attached to an aromatic ring is 2. The summed E-state index contributed by atoms with van der Waals surface area (Å²) in [5.74, 6) is 0. The first-order valence-corrected chi connectivity index (χ1v) is 10.5. The molecule has 0 radical (unpaired) electrons. The average Bonchev–Trinajstić information content (AvgIpc) is 2.82. The van der Waals surface area contributed by atoms with E-state index in [1.807, 2.05) is 67.6 Å². The predicted octanol–water partition coefficient (Wildman–Crippen LogP) is 6.43. The van der Waals surface area contributed by atoms with E-state index < -0.39 is 0 Å². The van der Waals surface area contributed by atoms with Crippen LogP contribution in [0.5, 0.6) is 0 Å². The Bertz CT molecular complexity index is 1350. The number of anilines is 2. The number of nitrogens with zero attached hydrogens (tertiary/aromatic N) is 2. The Kier molecular flexibility index (Phi) is 6.13. The molecule has 4 heteroatoms. The Balaban J connectivity index is 0.000000230. The lowest BCUT2D eigenvalue weighted by atomic mass is 10.0. The van der Waals surface area contributed by atoms with E-state index in [9.17, 15) is 0 Å². The maximum Gasteiger partial charge on any atom is 0.0973 e. The number of benzene rings is 4. The number of aromatic nitrogens is 2. The van der Waals surface area contributed by atoms with Crippen LogP contribution in [0.4, 0.5) is 11.4 Å². The number of hydrogen-bond acceptors (Lipinski definition) is 4. The molecular weight excluding hydrogens is 392 g/mol. The minimum absolute atomic E-state index is 0.653. The molecule has 4 N–H and O–H groups in total. The van der Waals surface area contributed by atoms with Crippen molar-refractivity contribution in [2.75, 3.05) is 11.5 Å². The van der Waals surface area contributed by atoms with Crippen LogP contribution in [0.3, 0.4) is 0 Å². The fraction of sp³-hybridized carbons (Fsp3) is 0.0714. The Morgan fingerprint density at radius 2 is 1.00 bits per heavy atom. The number of fused-ring (bicyclic) bond motifs is 1. The van der Waals surface area contributed by atoms with Gasteiger partial charge in [-0.1, -0.05) is 72.8 Å². The summed E-state index contributed by atoms with van der Waals surface area (Å²) in [6, 6.07) is 32.3. The lowest BCUT2D eigenvalue weighted by Crippen LogP contribution is -1.95. The van der Waals surface area contributed by atoms with Crippen molar-refractivity contribution >= 4 is 22.4 Å². The van der Waals surface area contributed by atoms with Crippen LogP contribution < -0.4 is 11.5 Å². The third-order valence-electron chi connectivity index (χ3n) is 5.16. The molecule has 0 amide bonds. The molecule has 0 saturated carbocycles. The lowest BCUT2D eigenvalue weighted by molar-refractivity contribution is 1.28. The third kappa shape index (κ3) is 4.76. The standard InChI is InChI=1S/C21H16N2.C7H10N2/c1-15-12-13-18-19(14-15)23-21(17-10-6-3-7-11-17)20(22-18)16-8-4-2-5-9-16;1-5-2-3-6(8)7(9)4-5/h2-14H,1H3;2-4H,8-9H2,1H3. The van der Waals surface area contributed by atoms with Crippen molar-refractivity contribution in [1.82, 2.24) is 9.97 Å². The second-order valence-electron chi connectivity index (χ2n) is 7.78. The van der Waals surface area contributed by atoms with Gasteiger partial charge < -0.3 is 11.5 Å². The molecule has 0 saturated heterocycles. The quantitative estimate of drug-likeness (QED) is 0.324. The zero-order chi connectivity index (χ0) is 22.5. The van der Waals surface area contributed by atoms with E-state index in [4.69, 9.17) is 21.4 Å². The van der Waals surface area contributed by atoms with Gasteiger partial charge in [0.05, 0.1) is 33.8 Å². The maximum atomic E-state index is 5.50. The summed E-state index contributed by atoms with van der Waals surface area (Å²) >= 11 is 0. The predicted molar refractivity (Wildman–Crippen MR) is 135 cm³/mol. The van der Waals surface area contributed by atoms with Gasteiger partial charge in [-0.3, -0.25) is 0 Å². The maximum absolute atomic E-state index is 5.50. The molecule has 4 nitrogen and oxygen atoms in total. The highest BCUT2D eigenvalue weighted by Gasteiger charge is 2.12. The van der Waals surface area contributed by atoms with Crippen LogP contribution in [0, 0.1) is 13.8 Å². The molecule has 158 valence electrons. The minimum Gasteiger partial charge on any atom is -0.397 e. The van der Waals surface area contributed by atoms with Crippen molar-refractivity contribution in [3.05, 3.63) is 108 Å². The molecule has 0 atom stereocenters. The van der Waals surface area contributed by atoms with E-state index in [1.165, 1.54) is 5.56 Å². The topological polar surface area (TPSA) is 77.8 Å². The molecule has 5 rings (SSSR count). The Morgan fingerprint density at radius 1 is 0.500 bits per heavy atom. The van der Waals surface area contributed by atoms with E-state index in [0.717, 1.165) is 39.1 Å². The van der Waals surface area contributed by atoms with Crippen LogP contribution >= 0.6 is 0 Å². The second kappa shape index (κ2) is 9.31. The summed E-state index contributed by atoms with van der Waals surface area (Å²) in [4.78, 5) is 9.82. The molecule has 5 aromatic rings. The summed E-state index contributed by atoms with van der Waals surface area (Å²) in [6.45, 7) is 4.06. The summed E-state index contributed by atoms with van der Waals surface area (Å²) in [7, 11) is 0. The van der Waals surface area contributed by atoms with Crippen LogP contribution in [0.25, 0.3) is 33.5 Å². The number of hydrogen-bond donors (Lipinski definition) is 2. The second-order valence-corrected chi connectivity index (χ2v) is 7.78. The molecule has 0 unspecified atom stereocenters. The van der Waals surface area contributed by atoms with Crippen molar-refractivity contribution < 1.29 is 0 Å². The first-order chi connectivity index (χ1) is 15.5. The van der Waals surface area contributed by atoms with Gasteiger partial charge in [0, 0.05) is 11.1 Å². The normalized spacial score (nSPS) is 10.4. The summed E-state index contributed by atoms with van der Waals surface area (Å²) in [5.41, 5.74) is 20.5. The van der Waals surface area contributed by atoms with Crippen molar-refractivity contribution in [2.24, 2.45) is 0 Å². The van der Waals surface area contributed by atoms with Crippen LogP contribution in [0.2, 0.25) is 0 Å². The van der Waals surface area contributed by atoms with Crippen molar-refractivity contribution in [3.63, 3.8) is 0 Å². The van der Waals surface area contributed by atoms with Crippen LogP contribution in [-0.2, 0) is 0 Å². The molecular formula is C28H26N4. The minimum atomic E-state index is 0.653. The zero-order valence-electron chi connectivity index (χ0n) is 18.3. The first kappa shape index (κ1) is 21.1. The molecule has 0 aliphatic heterocycles. The van der Waals surface area contributed by atoms with Crippen molar-refractivity contribution in [3.8, 4) is 22.5 Å². The van der Waals surface area contributed by atoms with Crippen LogP contribution in [0.1, 0.15) is 11.1 Å². The highest BCUT2D eigenvalue weighted by atomic mass is 14.8. The highest BCUT2D eigenvalue weighted by Crippen LogP contribution is 2.30. The highest BCUT2D eigenvalue weighted by molar-refractivity contribution is 5.86. The molecule has 0 spiro atoms. The van der Waals surface area contributed by atoms with E-state index in [2.05, 4.69) is 43.3 Å². The number of rotatable bonds is 2. The van der Waals surface area contributed by atoms with Gasteiger partial charge in [0.15, 0.2) is 0 Å². The molecule has 1 aromatic heterocycles. The molecule has 0 bridgehead atoms. The summed E-state index contributed by atoms with van der Waals surface area (Å²) in [5, 5.41) is 0. The zero-order valence-corrected chi connectivity index (χ0v) is 18.3. The van der Waals surface area contributed by atoms with Crippen LogP contribution in [0.15, 0.2) is 97.1 Å². The van der Waals surface area contributed by atoms with Gasteiger partial charge in [-0.25, -0.2) is 9.97 Å². The first-order valence-electron chi connectivity index (χ1n) is 10.5. The van der Waals surface area contributed by atoms with E-state index in [-0.39, 0.29) is 0 Å². The number of nitrogens with two attached hydrogens (primary N) is 2. The molecule has 1 heterocycles. The molecule has 0 fully saturated rings. The average molecular weight is 419 g/mol. The molecule has 32 heavy (non-hydrogen) atoms. The van der Waals surface area contributed by atoms with Crippen molar-refractivity contribution in [1.29, 1.82) is 0 Å². The van der Waals surface area contributed by atoms with Gasteiger partial charge in [-0.2, -0.15) is 0 Å². The van der Waals surface area contributed by atoms with Gasteiger partial charge in [-0.15, -0.1) is 0 Å². The van der Waals surface area contributed by atoms with Gasteiger partial charge in [0.25, 0.3) is 0 Å². The van der Waals surface area contributed by atoms with Crippen molar-refractivity contribution in [2.45, 2.75) is 13.8 Å². The monoisotopic (exact) mass is 418 g/mol. The van der Waals surface area contributed by atoms with Gasteiger partial charge >= 0.3 is 0 Å². The Hall–Kier alpha value is -4.18. The van der Waals surface area contributed by atoms with Gasteiger partial charge in [0.2, 0.25) is 0 Å². The molecule has 0 aliphatic rings. The fourth-order valence-corrected chi connectivity index (χ4v) is 3.45. The molecule has 0 aliphatic carbocycles. The number of aryl methyl sites for hydroxylation is 2. The van der Waals surface area contributed by atoms with Gasteiger partial charge in [0.1, 0.15) is 0 Å². The smallest absolute Gasteiger partial charge is 0.0973 e. The largest absolute Gasteiger partial charge is 0.397 e. The lowest BCUT2D eigenvalue weighted by Gasteiger charge is -2.10. The fourth-order valence-electron chi connectivity index (χ4n) is 3.45. The third-order valence-corrected chi connectivity index (χ3v) is 5.16.